The summed E-state index contributed by atoms with van der Waals surface area (Å²) in [4.78, 5) is 1.56. The number of alkyl halides is 3. The molecule has 0 aromatic rings. The van der Waals surface area contributed by atoms with Crippen molar-refractivity contribution < 1.29 is 17.9 Å². The topological polar surface area (TPSA) is 62.3 Å². The number of halogens is 3. The van der Waals surface area contributed by atoms with E-state index < -0.39 is 17.9 Å². The first kappa shape index (κ1) is 15.2. The third-order valence-electron chi connectivity index (χ3n) is 2.27. The SMILES string of the molecule is CCN(CCOC)CC(C(=N)N)C(F)(F)F. The third-order valence-corrected chi connectivity index (χ3v) is 2.27. The van der Waals surface area contributed by atoms with Crippen LogP contribution < -0.4 is 5.73 Å². The van der Waals surface area contributed by atoms with E-state index in [1.165, 1.54) is 7.11 Å². The van der Waals surface area contributed by atoms with Crippen LogP contribution >= 0.6 is 0 Å². The van der Waals surface area contributed by atoms with E-state index in [9.17, 15) is 13.2 Å². The maximum absolute atomic E-state index is 12.5. The zero-order valence-corrected chi connectivity index (χ0v) is 9.47. The van der Waals surface area contributed by atoms with E-state index in [1.807, 2.05) is 0 Å². The van der Waals surface area contributed by atoms with Crippen molar-refractivity contribution in [1.82, 2.24) is 4.90 Å². The molecular weight excluding hydrogens is 223 g/mol. The molecule has 0 aliphatic heterocycles. The van der Waals surface area contributed by atoms with E-state index in [0.717, 1.165) is 0 Å². The van der Waals surface area contributed by atoms with Crippen molar-refractivity contribution in [3.05, 3.63) is 0 Å². The molecule has 0 spiro atoms. The summed E-state index contributed by atoms with van der Waals surface area (Å²) in [6, 6.07) is 0. The van der Waals surface area contributed by atoms with Crippen molar-refractivity contribution in [3.63, 3.8) is 0 Å². The Morgan fingerprint density at radius 2 is 2.06 bits per heavy atom. The monoisotopic (exact) mass is 241 g/mol. The fourth-order valence-corrected chi connectivity index (χ4v) is 1.24. The number of ether oxygens (including phenoxy) is 1. The average molecular weight is 241 g/mol. The lowest BCUT2D eigenvalue weighted by molar-refractivity contribution is -0.160. The van der Waals surface area contributed by atoms with Gasteiger partial charge in [-0.3, -0.25) is 5.41 Å². The van der Waals surface area contributed by atoms with E-state index in [2.05, 4.69) is 0 Å². The van der Waals surface area contributed by atoms with Crippen LogP contribution in [0.5, 0.6) is 0 Å². The summed E-state index contributed by atoms with van der Waals surface area (Å²) in [5.74, 6) is -2.74. The first-order valence-corrected chi connectivity index (χ1v) is 4.94. The van der Waals surface area contributed by atoms with Crippen LogP contribution in [0.2, 0.25) is 0 Å². The highest BCUT2D eigenvalue weighted by molar-refractivity contribution is 5.80. The average Bonchev–Trinajstić information content (AvgIpc) is 2.15. The van der Waals surface area contributed by atoms with E-state index >= 15 is 0 Å². The fourth-order valence-electron chi connectivity index (χ4n) is 1.24. The molecule has 0 saturated carbocycles. The van der Waals surface area contributed by atoms with Gasteiger partial charge in [0.2, 0.25) is 0 Å². The maximum atomic E-state index is 12.5. The third kappa shape index (κ3) is 5.32. The van der Waals surface area contributed by atoms with Crippen LogP contribution in [0, 0.1) is 11.3 Å². The quantitative estimate of drug-likeness (QED) is 0.517. The van der Waals surface area contributed by atoms with Gasteiger partial charge in [-0.25, -0.2) is 0 Å². The minimum atomic E-state index is -4.47. The molecule has 16 heavy (non-hydrogen) atoms. The number of rotatable bonds is 7. The molecule has 0 radical (unpaired) electrons. The Hall–Kier alpha value is -0.820. The van der Waals surface area contributed by atoms with Gasteiger partial charge in [-0.15, -0.1) is 0 Å². The minimum absolute atomic E-state index is 0.293. The van der Waals surface area contributed by atoms with Crippen molar-refractivity contribution in [2.75, 3.05) is 33.4 Å². The molecule has 0 rings (SSSR count). The second-order valence-electron chi connectivity index (χ2n) is 3.44. The standard InChI is InChI=1S/C9H18F3N3O/c1-3-15(4-5-16-2)6-7(8(13)14)9(10,11)12/h7H,3-6H2,1-2H3,(H3,13,14). The van der Waals surface area contributed by atoms with Crippen LogP contribution in [0.25, 0.3) is 0 Å². The van der Waals surface area contributed by atoms with Crippen LogP contribution in [-0.2, 0) is 4.74 Å². The van der Waals surface area contributed by atoms with Gasteiger partial charge in [0, 0.05) is 20.2 Å². The first-order valence-electron chi connectivity index (χ1n) is 4.94. The Balaban J connectivity index is 4.42. The van der Waals surface area contributed by atoms with Gasteiger partial charge < -0.3 is 15.4 Å². The summed E-state index contributed by atoms with van der Waals surface area (Å²) in [6.45, 7) is 2.67. The molecule has 1 unspecified atom stereocenters. The molecule has 0 fully saturated rings. The molecule has 0 aromatic carbocycles. The first-order chi connectivity index (χ1) is 7.32. The highest BCUT2D eigenvalue weighted by Gasteiger charge is 2.42. The predicted molar refractivity (Wildman–Crippen MR) is 55.4 cm³/mol. The number of hydrogen-bond acceptors (Lipinski definition) is 3. The summed E-state index contributed by atoms with van der Waals surface area (Å²) in [5.41, 5.74) is 4.96. The number of nitrogens with two attached hydrogens (primary N) is 1. The molecule has 7 heteroatoms. The molecule has 0 amide bonds. The smallest absolute Gasteiger partial charge is 0.387 e. The van der Waals surface area contributed by atoms with Gasteiger partial charge in [0.05, 0.1) is 6.61 Å². The predicted octanol–water partition coefficient (Wildman–Crippen LogP) is 1.07. The van der Waals surface area contributed by atoms with E-state index in [1.54, 1.807) is 11.8 Å². The van der Waals surface area contributed by atoms with Crippen LogP contribution in [-0.4, -0.2) is 50.3 Å². The Bertz CT molecular complexity index is 221. The molecule has 0 aromatic heterocycles. The summed E-state index contributed by atoms with van der Waals surface area (Å²) >= 11 is 0. The summed E-state index contributed by atoms with van der Waals surface area (Å²) < 4.78 is 42.3. The van der Waals surface area contributed by atoms with Crippen molar-refractivity contribution in [2.45, 2.75) is 13.1 Å². The molecule has 3 N–H and O–H groups in total. The molecule has 1 atom stereocenters. The number of nitrogens with one attached hydrogen (secondary N) is 1. The molecule has 96 valence electrons. The van der Waals surface area contributed by atoms with Gasteiger partial charge >= 0.3 is 6.18 Å². The van der Waals surface area contributed by atoms with Crippen molar-refractivity contribution in [3.8, 4) is 0 Å². The lowest BCUT2D eigenvalue weighted by Gasteiger charge is -2.26. The fraction of sp³-hybridized carbons (Fsp3) is 0.889. The molecular formula is C9H18F3N3O. The van der Waals surface area contributed by atoms with E-state index in [-0.39, 0.29) is 6.54 Å². The van der Waals surface area contributed by atoms with Crippen molar-refractivity contribution in [1.29, 1.82) is 5.41 Å². The lowest BCUT2D eigenvalue weighted by atomic mass is 10.1. The molecule has 0 aliphatic carbocycles. The van der Waals surface area contributed by atoms with Crippen molar-refractivity contribution >= 4 is 5.84 Å². The molecule has 0 aliphatic rings. The number of amidine groups is 1. The Kier molecular flexibility index (Phi) is 6.35. The van der Waals surface area contributed by atoms with Gasteiger partial charge in [-0.1, -0.05) is 6.92 Å². The molecule has 0 bridgehead atoms. The Morgan fingerprint density at radius 3 is 2.38 bits per heavy atom. The number of methoxy groups -OCH3 is 1. The van der Waals surface area contributed by atoms with E-state index in [0.29, 0.717) is 19.7 Å². The summed E-state index contributed by atoms with van der Waals surface area (Å²) in [7, 11) is 1.49. The summed E-state index contributed by atoms with van der Waals surface area (Å²) in [5, 5.41) is 6.95. The maximum Gasteiger partial charge on any atom is 0.399 e. The molecule has 4 nitrogen and oxygen atoms in total. The normalized spacial score (nSPS) is 14.1. The minimum Gasteiger partial charge on any atom is -0.387 e. The Morgan fingerprint density at radius 1 is 1.50 bits per heavy atom. The Labute approximate surface area is 93.1 Å². The van der Waals surface area contributed by atoms with Crippen LogP contribution in [0.15, 0.2) is 0 Å². The second kappa shape index (κ2) is 6.70. The van der Waals surface area contributed by atoms with Gasteiger partial charge in [-0.05, 0) is 6.54 Å². The van der Waals surface area contributed by atoms with Gasteiger partial charge in [-0.2, -0.15) is 13.2 Å². The zero-order chi connectivity index (χ0) is 12.8. The van der Waals surface area contributed by atoms with Gasteiger partial charge in [0.15, 0.2) is 0 Å². The number of nitrogens with zero attached hydrogens (tertiary/aromatic N) is 1. The van der Waals surface area contributed by atoms with Crippen LogP contribution in [0.3, 0.4) is 0 Å². The molecule has 0 saturated heterocycles. The van der Waals surface area contributed by atoms with Gasteiger partial charge in [0.1, 0.15) is 11.8 Å². The molecule has 0 heterocycles. The zero-order valence-electron chi connectivity index (χ0n) is 9.47. The van der Waals surface area contributed by atoms with Crippen LogP contribution in [0.1, 0.15) is 6.92 Å². The van der Waals surface area contributed by atoms with Gasteiger partial charge in [0.25, 0.3) is 0 Å². The van der Waals surface area contributed by atoms with E-state index in [4.69, 9.17) is 15.9 Å². The highest BCUT2D eigenvalue weighted by Crippen LogP contribution is 2.26. The summed E-state index contributed by atoms with van der Waals surface area (Å²) in [6.07, 6.45) is -4.47. The lowest BCUT2D eigenvalue weighted by Crippen LogP contribution is -2.44. The van der Waals surface area contributed by atoms with Crippen LogP contribution in [0.4, 0.5) is 13.2 Å². The number of likely N-dealkylation sites (N-methyl/N-ethyl adjacent to an activating group) is 1. The second-order valence-corrected chi connectivity index (χ2v) is 3.44. The van der Waals surface area contributed by atoms with Crippen molar-refractivity contribution in [2.24, 2.45) is 11.7 Å². The largest absolute Gasteiger partial charge is 0.399 e. The highest BCUT2D eigenvalue weighted by atomic mass is 19.4. The number of hydrogen-bond donors (Lipinski definition) is 2.